The molecule has 0 bridgehead atoms. The first-order valence-electron chi connectivity index (χ1n) is 3.61. The Morgan fingerprint density at radius 2 is 1.86 bits per heavy atom. The minimum Gasteiger partial charge on any atom is -0.398 e. The highest BCUT2D eigenvalue weighted by Gasteiger charge is 2.09. The van der Waals surface area contributed by atoms with E-state index in [1.165, 1.54) is 12.1 Å². The fraction of sp³-hybridized carbons (Fsp3) is 0. The molecule has 0 saturated carbocycles. The van der Waals surface area contributed by atoms with Gasteiger partial charge in [-0.25, -0.2) is 0 Å². The first-order valence-corrected chi connectivity index (χ1v) is 4.42. The number of nitrogen functional groups attached to an aromatic ring is 2. The first-order chi connectivity index (χ1) is 6.56. The largest absolute Gasteiger partial charge is 0.398 e. The molecular formula is C8H8N4OS. The molecule has 0 atom stereocenters. The van der Waals surface area contributed by atoms with Crippen LogP contribution in [-0.4, -0.2) is 5.91 Å². The van der Waals surface area contributed by atoms with Crippen molar-refractivity contribution >= 4 is 29.0 Å². The molecule has 5 nitrogen and oxygen atoms in total. The number of hydrogen-bond donors (Lipinski definition) is 3. The number of rotatable bonds is 2. The summed E-state index contributed by atoms with van der Waals surface area (Å²) in [6.45, 7) is 0. The molecule has 1 rings (SSSR count). The lowest BCUT2D eigenvalue weighted by molar-refractivity contribution is 0.100. The summed E-state index contributed by atoms with van der Waals surface area (Å²) in [5.41, 5.74) is 17.0. The van der Waals surface area contributed by atoms with Crippen molar-refractivity contribution in [3.63, 3.8) is 0 Å². The van der Waals surface area contributed by atoms with Crippen molar-refractivity contribution in [1.29, 1.82) is 5.26 Å². The summed E-state index contributed by atoms with van der Waals surface area (Å²) in [5, 5.41) is 10.3. The molecule has 0 aliphatic carbocycles. The van der Waals surface area contributed by atoms with Gasteiger partial charge in [-0.15, -0.1) is 0 Å². The number of thiocyanates is 1. The highest BCUT2D eigenvalue weighted by Crippen LogP contribution is 2.31. The second-order valence-electron chi connectivity index (χ2n) is 2.54. The molecule has 0 spiro atoms. The Bertz CT molecular complexity index is 401. The number of thioether (sulfide) groups is 1. The average molecular weight is 208 g/mol. The van der Waals surface area contributed by atoms with E-state index >= 15 is 0 Å². The van der Waals surface area contributed by atoms with Gasteiger partial charge in [-0.2, -0.15) is 5.26 Å². The van der Waals surface area contributed by atoms with E-state index in [1.807, 2.05) is 5.40 Å². The third-order valence-corrected chi connectivity index (χ3v) is 2.35. The van der Waals surface area contributed by atoms with Gasteiger partial charge in [0.25, 0.3) is 0 Å². The maximum absolute atomic E-state index is 10.8. The van der Waals surface area contributed by atoms with Crippen molar-refractivity contribution in [1.82, 2.24) is 0 Å². The minimum absolute atomic E-state index is 0.238. The topological polar surface area (TPSA) is 119 Å². The number of nitrogens with zero attached hydrogens (tertiary/aromatic N) is 1. The molecule has 14 heavy (non-hydrogen) atoms. The number of carbonyl (C=O) groups is 1. The van der Waals surface area contributed by atoms with E-state index in [9.17, 15) is 4.79 Å². The number of amides is 1. The van der Waals surface area contributed by atoms with Crippen LogP contribution >= 0.6 is 11.8 Å². The molecule has 1 aromatic rings. The molecule has 0 radical (unpaired) electrons. The molecule has 0 saturated heterocycles. The fourth-order valence-electron chi connectivity index (χ4n) is 0.980. The molecule has 72 valence electrons. The molecule has 0 unspecified atom stereocenters. The Morgan fingerprint density at radius 3 is 2.21 bits per heavy atom. The van der Waals surface area contributed by atoms with Crippen LogP contribution in [0.1, 0.15) is 10.4 Å². The monoisotopic (exact) mass is 208 g/mol. The Balaban J connectivity index is 3.26. The maximum Gasteiger partial charge on any atom is 0.248 e. The molecule has 0 aliphatic rings. The zero-order valence-electron chi connectivity index (χ0n) is 7.15. The Morgan fingerprint density at radius 1 is 1.36 bits per heavy atom. The van der Waals surface area contributed by atoms with Gasteiger partial charge in [0.1, 0.15) is 5.40 Å². The molecule has 0 aliphatic heterocycles. The van der Waals surface area contributed by atoms with Crippen molar-refractivity contribution in [2.24, 2.45) is 5.73 Å². The molecular weight excluding hydrogens is 200 g/mol. The molecule has 1 aromatic carbocycles. The van der Waals surface area contributed by atoms with E-state index < -0.39 is 5.91 Å². The Hall–Kier alpha value is -1.87. The van der Waals surface area contributed by atoms with E-state index in [0.717, 1.165) is 11.8 Å². The van der Waals surface area contributed by atoms with Crippen LogP contribution in [0.25, 0.3) is 0 Å². The van der Waals surface area contributed by atoms with Crippen LogP contribution < -0.4 is 17.2 Å². The quantitative estimate of drug-likeness (QED) is 0.372. The molecule has 0 heterocycles. The number of nitriles is 1. The van der Waals surface area contributed by atoms with Crippen LogP contribution in [0, 0.1) is 10.7 Å². The summed E-state index contributed by atoms with van der Waals surface area (Å²) in [7, 11) is 0. The third-order valence-electron chi connectivity index (χ3n) is 1.58. The number of anilines is 2. The van der Waals surface area contributed by atoms with Gasteiger partial charge in [-0.1, -0.05) is 0 Å². The number of benzene rings is 1. The molecule has 0 aromatic heterocycles. The van der Waals surface area contributed by atoms with Crippen LogP contribution in [-0.2, 0) is 0 Å². The standard InChI is InChI=1S/C8H8N4OS/c9-3-14-7-5(10)1-4(8(12)13)2-6(7)11/h1-2H,10-11H2,(H2,12,13). The predicted molar refractivity (Wildman–Crippen MR) is 55.3 cm³/mol. The summed E-state index contributed by atoms with van der Waals surface area (Å²) in [5.74, 6) is -0.600. The maximum atomic E-state index is 10.8. The zero-order chi connectivity index (χ0) is 10.7. The minimum atomic E-state index is -0.600. The molecule has 1 amide bonds. The van der Waals surface area contributed by atoms with Gasteiger partial charge in [0.15, 0.2) is 0 Å². The molecule has 6 N–H and O–H groups in total. The average Bonchev–Trinajstić information content (AvgIpc) is 2.10. The van der Waals surface area contributed by atoms with E-state index in [0.29, 0.717) is 4.90 Å². The molecule has 0 fully saturated rings. The summed E-state index contributed by atoms with van der Waals surface area (Å²) < 4.78 is 0. The van der Waals surface area contributed by atoms with Gasteiger partial charge in [0.05, 0.1) is 4.90 Å². The van der Waals surface area contributed by atoms with Gasteiger partial charge in [-0.05, 0) is 23.9 Å². The first kappa shape index (κ1) is 10.2. The van der Waals surface area contributed by atoms with Gasteiger partial charge >= 0.3 is 0 Å². The number of nitrogens with two attached hydrogens (primary N) is 3. The van der Waals surface area contributed by atoms with Gasteiger partial charge in [0, 0.05) is 16.9 Å². The summed E-state index contributed by atoms with van der Waals surface area (Å²) in [4.78, 5) is 11.3. The second-order valence-corrected chi connectivity index (χ2v) is 3.34. The Labute approximate surface area is 84.9 Å². The van der Waals surface area contributed by atoms with E-state index in [-0.39, 0.29) is 16.9 Å². The van der Waals surface area contributed by atoms with E-state index in [1.54, 1.807) is 0 Å². The zero-order valence-corrected chi connectivity index (χ0v) is 7.97. The summed E-state index contributed by atoms with van der Waals surface area (Å²) in [6.07, 6.45) is 0. The number of hydrogen-bond acceptors (Lipinski definition) is 5. The van der Waals surface area contributed by atoms with Crippen LogP contribution in [0.4, 0.5) is 11.4 Å². The second kappa shape index (κ2) is 3.89. The molecule has 6 heteroatoms. The predicted octanol–water partition coefficient (Wildman–Crippen LogP) is 0.523. The van der Waals surface area contributed by atoms with Crippen LogP contribution in [0.3, 0.4) is 0 Å². The van der Waals surface area contributed by atoms with Gasteiger partial charge in [-0.3, -0.25) is 4.79 Å². The van der Waals surface area contributed by atoms with Crippen LogP contribution in [0.15, 0.2) is 17.0 Å². The van der Waals surface area contributed by atoms with Crippen molar-refractivity contribution in [3.05, 3.63) is 17.7 Å². The Kier molecular flexibility index (Phi) is 2.84. The van der Waals surface area contributed by atoms with Crippen molar-refractivity contribution in [2.75, 3.05) is 11.5 Å². The number of primary amides is 1. The van der Waals surface area contributed by atoms with E-state index in [2.05, 4.69) is 0 Å². The smallest absolute Gasteiger partial charge is 0.248 e. The highest BCUT2D eigenvalue weighted by molar-refractivity contribution is 8.04. The van der Waals surface area contributed by atoms with Gasteiger partial charge in [0.2, 0.25) is 5.91 Å². The SMILES string of the molecule is N#CSc1c(N)cc(C(N)=O)cc1N. The number of carbonyl (C=O) groups excluding carboxylic acids is 1. The van der Waals surface area contributed by atoms with Crippen molar-refractivity contribution in [2.45, 2.75) is 4.90 Å². The van der Waals surface area contributed by atoms with Crippen LogP contribution in [0.5, 0.6) is 0 Å². The normalized spacial score (nSPS) is 9.36. The van der Waals surface area contributed by atoms with E-state index in [4.69, 9.17) is 22.5 Å². The van der Waals surface area contributed by atoms with Gasteiger partial charge < -0.3 is 17.2 Å². The lowest BCUT2D eigenvalue weighted by Gasteiger charge is -2.06. The summed E-state index contributed by atoms with van der Waals surface area (Å²) >= 11 is 0.852. The fourth-order valence-corrected chi connectivity index (χ4v) is 1.43. The van der Waals surface area contributed by atoms with Crippen molar-refractivity contribution in [3.8, 4) is 5.40 Å². The lowest BCUT2D eigenvalue weighted by atomic mass is 10.1. The van der Waals surface area contributed by atoms with Crippen molar-refractivity contribution < 1.29 is 4.79 Å². The summed E-state index contributed by atoms with van der Waals surface area (Å²) in [6, 6.07) is 2.80. The van der Waals surface area contributed by atoms with Crippen LogP contribution in [0.2, 0.25) is 0 Å². The third kappa shape index (κ3) is 1.89. The highest BCUT2D eigenvalue weighted by atomic mass is 32.2. The lowest BCUT2D eigenvalue weighted by Crippen LogP contribution is -2.12.